The normalized spacial score (nSPS) is 10.6. The van der Waals surface area contributed by atoms with Gasteiger partial charge in [-0.1, -0.05) is 0 Å². The number of methoxy groups -OCH3 is 1. The number of ether oxygens (including phenoxy) is 1. The topological polar surface area (TPSA) is 47.9 Å². The lowest BCUT2D eigenvalue weighted by Crippen LogP contribution is -1.95. The number of rotatable bonds is 2. The standard InChI is InChI=1S/C15H13N3O/c1-10-13-6-5-12(19-2)8-14(13)18-15(17-10)11-4-3-7-16-9-11/h3-9H,1-2H3. The van der Waals surface area contributed by atoms with E-state index >= 15 is 0 Å². The molecule has 2 aromatic heterocycles. The van der Waals surface area contributed by atoms with Gasteiger partial charge in [-0.3, -0.25) is 4.98 Å². The van der Waals surface area contributed by atoms with E-state index in [0.29, 0.717) is 5.82 Å². The summed E-state index contributed by atoms with van der Waals surface area (Å²) >= 11 is 0. The van der Waals surface area contributed by atoms with E-state index < -0.39 is 0 Å². The van der Waals surface area contributed by atoms with Crippen LogP contribution < -0.4 is 4.74 Å². The molecule has 94 valence electrons. The summed E-state index contributed by atoms with van der Waals surface area (Å²) in [5.41, 5.74) is 2.74. The van der Waals surface area contributed by atoms with Crippen LogP contribution in [0, 0.1) is 6.92 Å². The largest absolute Gasteiger partial charge is 0.497 e. The maximum Gasteiger partial charge on any atom is 0.161 e. The summed E-state index contributed by atoms with van der Waals surface area (Å²) in [6.45, 7) is 1.98. The van der Waals surface area contributed by atoms with Crippen LogP contribution in [-0.2, 0) is 0 Å². The molecule has 2 heterocycles. The van der Waals surface area contributed by atoms with Crippen molar-refractivity contribution in [2.75, 3.05) is 7.11 Å². The molecule has 0 aliphatic carbocycles. The molecule has 0 aliphatic heterocycles. The van der Waals surface area contributed by atoms with Crippen LogP contribution in [0.15, 0.2) is 42.7 Å². The molecule has 0 radical (unpaired) electrons. The molecule has 0 N–H and O–H groups in total. The lowest BCUT2D eigenvalue weighted by molar-refractivity contribution is 0.415. The first-order valence-electron chi connectivity index (χ1n) is 6.01. The lowest BCUT2D eigenvalue weighted by Gasteiger charge is -2.07. The van der Waals surface area contributed by atoms with Gasteiger partial charge in [-0.2, -0.15) is 0 Å². The minimum Gasteiger partial charge on any atom is -0.497 e. The SMILES string of the molecule is COc1ccc2c(C)nc(-c3cccnc3)nc2c1. The van der Waals surface area contributed by atoms with E-state index in [4.69, 9.17) is 4.74 Å². The zero-order chi connectivity index (χ0) is 13.2. The molecular formula is C15H13N3O. The molecule has 1 aromatic carbocycles. The Morgan fingerprint density at radius 3 is 2.74 bits per heavy atom. The van der Waals surface area contributed by atoms with Crippen LogP contribution in [0.1, 0.15) is 5.69 Å². The van der Waals surface area contributed by atoms with Crippen LogP contribution in [0.5, 0.6) is 5.75 Å². The summed E-state index contributed by atoms with van der Waals surface area (Å²) < 4.78 is 5.23. The zero-order valence-corrected chi connectivity index (χ0v) is 10.8. The van der Waals surface area contributed by atoms with Crippen LogP contribution in [0.25, 0.3) is 22.3 Å². The Morgan fingerprint density at radius 2 is 2.00 bits per heavy atom. The van der Waals surface area contributed by atoms with Gasteiger partial charge in [0.1, 0.15) is 5.75 Å². The molecule has 0 amide bonds. The van der Waals surface area contributed by atoms with Crippen molar-refractivity contribution in [2.24, 2.45) is 0 Å². The third kappa shape index (κ3) is 2.12. The van der Waals surface area contributed by atoms with Gasteiger partial charge in [-0.25, -0.2) is 9.97 Å². The van der Waals surface area contributed by atoms with E-state index in [9.17, 15) is 0 Å². The lowest BCUT2D eigenvalue weighted by atomic mass is 10.1. The fraction of sp³-hybridized carbons (Fsp3) is 0.133. The highest BCUT2D eigenvalue weighted by atomic mass is 16.5. The first kappa shape index (κ1) is 11.6. The third-order valence-electron chi connectivity index (χ3n) is 3.01. The molecule has 4 nitrogen and oxygen atoms in total. The van der Waals surface area contributed by atoms with Crippen LogP contribution in [0.2, 0.25) is 0 Å². The highest BCUT2D eigenvalue weighted by molar-refractivity contribution is 5.83. The highest BCUT2D eigenvalue weighted by Gasteiger charge is 2.07. The van der Waals surface area contributed by atoms with Gasteiger partial charge in [0, 0.05) is 35.1 Å². The highest BCUT2D eigenvalue weighted by Crippen LogP contribution is 2.24. The second-order valence-corrected chi connectivity index (χ2v) is 4.26. The first-order valence-corrected chi connectivity index (χ1v) is 6.01. The fourth-order valence-corrected chi connectivity index (χ4v) is 2.02. The Morgan fingerprint density at radius 1 is 1.11 bits per heavy atom. The number of benzene rings is 1. The molecule has 0 unspecified atom stereocenters. The molecule has 0 saturated carbocycles. The Hall–Kier alpha value is -2.49. The molecule has 4 heteroatoms. The fourth-order valence-electron chi connectivity index (χ4n) is 2.02. The molecular weight excluding hydrogens is 238 g/mol. The molecule has 0 saturated heterocycles. The number of aromatic nitrogens is 3. The van der Waals surface area contributed by atoms with Crippen molar-refractivity contribution < 1.29 is 4.74 Å². The van der Waals surface area contributed by atoms with Gasteiger partial charge in [-0.15, -0.1) is 0 Å². The molecule has 0 aliphatic rings. The van der Waals surface area contributed by atoms with E-state index in [1.165, 1.54) is 0 Å². The zero-order valence-electron chi connectivity index (χ0n) is 10.8. The maximum absolute atomic E-state index is 5.23. The number of pyridine rings is 1. The molecule has 3 aromatic rings. The smallest absolute Gasteiger partial charge is 0.161 e. The molecule has 3 rings (SSSR count). The van der Waals surface area contributed by atoms with Gasteiger partial charge in [0.05, 0.1) is 12.6 Å². The predicted octanol–water partition coefficient (Wildman–Crippen LogP) is 3.01. The van der Waals surface area contributed by atoms with E-state index in [1.54, 1.807) is 19.5 Å². The molecule has 0 atom stereocenters. The van der Waals surface area contributed by atoms with Crippen LogP contribution >= 0.6 is 0 Å². The average molecular weight is 251 g/mol. The van der Waals surface area contributed by atoms with Gasteiger partial charge >= 0.3 is 0 Å². The molecule has 19 heavy (non-hydrogen) atoms. The van der Waals surface area contributed by atoms with Crippen LogP contribution in [-0.4, -0.2) is 22.1 Å². The number of fused-ring (bicyclic) bond motifs is 1. The minimum absolute atomic E-state index is 0.686. The van der Waals surface area contributed by atoms with Gasteiger partial charge in [-0.05, 0) is 31.2 Å². The quantitative estimate of drug-likeness (QED) is 0.702. The first-order chi connectivity index (χ1) is 9.28. The predicted molar refractivity (Wildman–Crippen MR) is 74.1 cm³/mol. The molecule has 0 bridgehead atoms. The van der Waals surface area contributed by atoms with Crippen molar-refractivity contribution in [3.63, 3.8) is 0 Å². The number of nitrogens with zero attached hydrogens (tertiary/aromatic N) is 3. The van der Waals surface area contributed by atoms with E-state index in [0.717, 1.165) is 27.9 Å². The molecule has 0 spiro atoms. The number of hydrogen-bond acceptors (Lipinski definition) is 4. The number of hydrogen-bond donors (Lipinski definition) is 0. The molecule has 0 fully saturated rings. The summed E-state index contributed by atoms with van der Waals surface area (Å²) in [5, 5.41) is 1.04. The maximum atomic E-state index is 5.23. The summed E-state index contributed by atoms with van der Waals surface area (Å²) in [6.07, 6.45) is 3.50. The van der Waals surface area contributed by atoms with Gasteiger partial charge in [0.15, 0.2) is 5.82 Å². The second kappa shape index (κ2) is 4.65. The van der Waals surface area contributed by atoms with E-state index in [-0.39, 0.29) is 0 Å². The van der Waals surface area contributed by atoms with E-state index in [1.807, 2.05) is 37.3 Å². The van der Waals surface area contributed by atoms with Gasteiger partial charge in [0.2, 0.25) is 0 Å². The van der Waals surface area contributed by atoms with Crippen molar-refractivity contribution in [1.29, 1.82) is 0 Å². The summed E-state index contributed by atoms with van der Waals surface area (Å²) in [6, 6.07) is 9.65. The van der Waals surface area contributed by atoms with Crippen LogP contribution in [0.3, 0.4) is 0 Å². The minimum atomic E-state index is 0.686. The van der Waals surface area contributed by atoms with Crippen molar-refractivity contribution in [1.82, 2.24) is 15.0 Å². The summed E-state index contributed by atoms with van der Waals surface area (Å²) in [4.78, 5) is 13.2. The third-order valence-corrected chi connectivity index (χ3v) is 3.01. The van der Waals surface area contributed by atoms with Crippen LogP contribution in [0.4, 0.5) is 0 Å². The summed E-state index contributed by atoms with van der Waals surface area (Å²) in [7, 11) is 1.65. The summed E-state index contributed by atoms with van der Waals surface area (Å²) in [5.74, 6) is 1.48. The van der Waals surface area contributed by atoms with Crippen molar-refractivity contribution >= 4 is 10.9 Å². The number of aryl methyl sites for hydroxylation is 1. The Balaban J connectivity index is 2.23. The Kier molecular flexibility index (Phi) is 2.83. The Labute approximate surface area is 111 Å². The van der Waals surface area contributed by atoms with E-state index in [2.05, 4.69) is 15.0 Å². The van der Waals surface area contributed by atoms with Crippen molar-refractivity contribution in [3.8, 4) is 17.1 Å². The second-order valence-electron chi connectivity index (χ2n) is 4.26. The Bertz CT molecular complexity index is 726. The van der Waals surface area contributed by atoms with Crippen molar-refractivity contribution in [3.05, 3.63) is 48.4 Å². The average Bonchev–Trinajstić information content (AvgIpc) is 2.47. The van der Waals surface area contributed by atoms with Crippen molar-refractivity contribution in [2.45, 2.75) is 6.92 Å². The van der Waals surface area contributed by atoms with Gasteiger partial charge < -0.3 is 4.74 Å². The van der Waals surface area contributed by atoms with Gasteiger partial charge in [0.25, 0.3) is 0 Å². The monoisotopic (exact) mass is 251 g/mol.